The van der Waals surface area contributed by atoms with Crippen LogP contribution >= 0.6 is 0 Å². The van der Waals surface area contributed by atoms with Crippen LogP contribution in [0.3, 0.4) is 0 Å². The SMILES string of the molecule is COc1ccc(N(Cc2ccc(N(C)C)cc2)C(=O)Cn2cnc3c(cnn3C)c2=O)cc1. The van der Waals surface area contributed by atoms with E-state index in [9.17, 15) is 9.59 Å². The fourth-order valence-electron chi connectivity index (χ4n) is 3.58. The minimum atomic E-state index is -0.300. The standard InChI is InChI=1S/C24H26N6O3/c1-27(2)18-7-5-17(6-8-18)14-30(19-9-11-20(33-4)12-10-19)22(31)15-29-16-25-23-21(24(29)32)13-26-28(23)3/h5-13,16H,14-15H2,1-4H3. The second kappa shape index (κ2) is 9.15. The van der Waals surface area contributed by atoms with Gasteiger partial charge in [-0.15, -0.1) is 0 Å². The van der Waals surface area contributed by atoms with Crippen molar-refractivity contribution in [3.05, 3.63) is 77.0 Å². The zero-order valence-electron chi connectivity index (χ0n) is 19.1. The molecule has 9 heteroatoms. The summed E-state index contributed by atoms with van der Waals surface area (Å²) >= 11 is 0. The van der Waals surface area contributed by atoms with E-state index in [4.69, 9.17) is 4.74 Å². The number of nitrogens with zero attached hydrogens (tertiary/aromatic N) is 6. The van der Waals surface area contributed by atoms with E-state index in [1.165, 1.54) is 21.8 Å². The van der Waals surface area contributed by atoms with Crippen molar-refractivity contribution in [1.29, 1.82) is 0 Å². The van der Waals surface area contributed by atoms with Crippen LogP contribution in [-0.4, -0.2) is 46.4 Å². The van der Waals surface area contributed by atoms with E-state index in [1.54, 1.807) is 31.2 Å². The van der Waals surface area contributed by atoms with Gasteiger partial charge < -0.3 is 14.5 Å². The maximum Gasteiger partial charge on any atom is 0.264 e. The molecular formula is C24H26N6O3. The predicted octanol–water partition coefficient (Wildman–Crippen LogP) is 2.44. The Labute approximate surface area is 191 Å². The van der Waals surface area contributed by atoms with Gasteiger partial charge in [0.25, 0.3) is 5.56 Å². The van der Waals surface area contributed by atoms with E-state index < -0.39 is 0 Å². The van der Waals surface area contributed by atoms with Crippen molar-refractivity contribution >= 4 is 28.3 Å². The number of anilines is 2. The maximum atomic E-state index is 13.4. The van der Waals surface area contributed by atoms with Crippen molar-refractivity contribution in [1.82, 2.24) is 19.3 Å². The number of ether oxygens (including phenoxy) is 1. The number of hydrogen-bond donors (Lipinski definition) is 0. The van der Waals surface area contributed by atoms with Crippen LogP contribution in [0.2, 0.25) is 0 Å². The Morgan fingerprint density at radius 3 is 2.33 bits per heavy atom. The summed E-state index contributed by atoms with van der Waals surface area (Å²) < 4.78 is 8.10. The van der Waals surface area contributed by atoms with Crippen LogP contribution < -0.4 is 20.1 Å². The number of amides is 1. The van der Waals surface area contributed by atoms with E-state index in [2.05, 4.69) is 10.1 Å². The number of aryl methyl sites for hydroxylation is 1. The second-order valence-corrected chi connectivity index (χ2v) is 7.92. The molecule has 0 spiro atoms. The van der Waals surface area contributed by atoms with Crippen molar-refractivity contribution in [2.45, 2.75) is 13.1 Å². The molecule has 0 saturated heterocycles. The van der Waals surface area contributed by atoms with Gasteiger partial charge in [-0.2, -0.15) is 5.10 Å². The van der Waals surface area contributed by atoms with Gasteiger partial charge in [-0.3, -0.25) is 18.8 Å². The first-order chi connectivity index (χ1) is 15.9. The summed E-state index contributed by atoms with van der Waals surface area (Å²) in [5, 5.41) is 4.46. The summed E-state index contributed by atoms with van der Waals surface area (Å²) in [6.07, 6.45) is 2.86. The molecule has 0 radical (unpaired) electrons. The second-order valence-electron chi connectivity index (χ2n) is 7.92. The summed E-state index contributed by atoms with van der Waals surface area (Å²) in [5.41, 5.74) is 2.94. The summed E-state index contributed by atoms with van der Waals surface area (Å²) in [4.78, 5) is 34.2. The van der Waals surface area contributed by atoms with E-state index in [-0.39, 0.29) is 18.0 Å². The van der Waals surface area contributed by atoms with Gasteiger partial charge in [0, 0.05) is 32.5 Å². The lowest BCUT2D eigenvalue weighted by Gasteiger charge is -2.24. The van der Waals surface area contributed by atoms with E-state index in [0.717, 1.165) is 11.3 Å². The highest BCUT2D eigenvalue weighted by Crippen LogP contribution is 2.23. The summed E-state index contributed by atoms with van der Waals surface area (Å²) in [6, 6.07) is 15.3. The lowest BCUT2D eigenvalue weighted by molar-refractivity contribution is -0.119. The topological polar surface area (TPSA) is 85.5 Å². The molecule has 0 unspecified atom stereocenters. The largest absolute Gasteiger partial charge is 0.497 e. The molecule has 2 aromatic carbocycles. The van der Waals surface area contributed by atoms with E-state index in [0.29, 0.717) is 29.0 Å². The smallest absolute Gasteiger partial charge is 0.264 e. The highest BCUT2D eigenvalue weighted by atomic mass is 16.5. The number of carbonyl (C=O) groups excluding carboxylic acids is 1. The predicted molar refractivity (Wildman–Crippen MR) is 128 cm³/mol. The quantitative estimate of drug-likeness (QED) is 0.434. The number of benzene rings is 2. The lowest BCUT2D eigenvalue weighted by Crippen LogP contribution is -2.36. The van der Waals surface area contributed by atoms with Crippen LogP contribution in [0.5, 0.6) is 5.75 Å². The fourth-order valence-corrected chi connectivity index (χ4v) is 3.58. The minimum Gasteiger partial charge on any atom is -0.497 e. The average molecular weight is 447 g/mol. The first kappa shape index (κ1) is 22.1. The van der Waals surface area contributed by atoms with E-state index in [1.807, 2.05) is 55.4 Å². The van der Waals surface area contributed by atoms with Crippen LogP contribution in [0.15, 0.2) is 65.8 Å². The first-order valence-corrected chi connectivity index (χ1v) is 10.4. The molecule has 0 aliphatic heterocycles. The Bertz CT molecular complexity index is 1320. The van der Waals surface area contributed by atoms with Crippen LogP contribution in [0, 0.1) is 0 Å². The third-order valence-corrected chi connectivity index (χ3v) is 5.50. The van der Waals surface area contributed by atoms with Gasteiger partial charge in [-0.05, 0) is 42.0 Å². The van der Waals surface area contributed by atoms with Crippen molar-refractivity contribution < 1.29 is 9.53 Å². The molecular weight excluding hydrogens is 420 g/mol. The van der Waals surface area contributed by atoms with Crippen LogP contribution in [-0.2, 0) is 24.9 Å². The molecule has 4 rings (SSSR count). The molecule has 0 N–H and O–H groups in total. The first-order valence-electron chi connectivity index (χ1n) is 10.4. The Morgan fingerprint density at radius 2 is 1.70 bits per heavy atom. The van der Waals surface area contributed by atoms with Crippen molar-refractivity contribution in [2.75, 3.05) is 31.0 Å². The maximum absolute atomic E-state index is 13.4. The molecule has 0 aliphatic carbocycles. The number of fused-ring (bicyclic) bond motifs is 1. The molecule has 2 heterocycles. The average Bonchev–Trinajstić information content (AvgIpc) is 3.21. The normalized spacial score (nSPS) is 10.9. The Hall–Kier alpha value is -4.14. The monoisotopic (exact) mass is 446 g/mol. The Morgan fingerprint density at radius 1 is 1.03 bits per heavy atom. The van der Waals surface area contributed by atoms with Gasteiger partial charge in [-0.1, -0.05) is 12.1 Å². The molecule has 0 atom stereocenters. The zero-order valence-corrected chi connectivity index (χ0v) is 19.1. The number of rotatable bonds is 7. The summed E-state index contributed by atoms with van der Waals surface area (Å²) in [5.74, 6) is 0.466. The molecule has 4 aromatic rings. The molecule has 0 saturated carbocycles. The Kier molecular flexibility index (Phi) is 6.12. The third kappa shape index (κ3) is 4.57. The lowest BCUT2D eigenvalue weighted by atomic mass is 10.1. The molecule has 9 nitrogen and oxygen atoms in total. The molecule has 0 fully saturated rings. The van der Waals surface area contributed by atoms with Crippen molar-refractivity contribution in [2.24, 2.45) is 7.05 Å². The van der Waals surface area contributed by atoms with Gasteiger partial charge in [-0.25, -0.2) is 4.98 Å². The van der Waals surface area contributed by atoms with Gasteiger partial charge in [0.15, 0.2) is 5.65 Å². The van der Waals surface area contributed by atoms with Crippen molar-refractivity contribution in [3.63, 3.8) is 0 Å². The molecule has 0 bridgehead atoms. The molecule has 33 heavy (non-hydrogen) atoms. The fraction of sp³-hybridized carbons (Fsp3) is 0.250. The minimum absolute atomic E-state index is 0.140. The molecule has 0 aliphatic rings. The van der Waals surface area contributed by atoms with Gasteiger partial charge in [0.2, 0.25) is 5.91 Å². The number of methoxy groups -OCH3 is 1. The van der Waals surface area contributed by atoms with Gasteiger partial charge in [0.05, 0.1) is 19.9 Å². The number of hydrogen-bond acceptors (Lipinski definition) is 6. The van der Waals surface area contributed by atoms with Crippen LogP contribution in [0.4, 0.5) is 11.4 Å². The van der Waals surface area contributed by atoms with Gasteiger partial charge in [0.1, 0.15) is 24.0 Å². The summed E-state index contributed by atoms with van der Waals surface area (Å²) in [7, 11) is 7.27. The number of carbonyl (C=O) groups is 1. The van der Waals surface area contributed by atoms with Gasteiger partial charge >= 0.3 is 0 Å². The molecule has 2 aromatic heterocycles. The highest BCUT2D eigenvalue weighted by Gasteiger charge is 2.19. The zero-order chi connectivity index (χ0) is 23.5. The van der Waals surface area contributed by atoms with E-state index >= 15 is 0 Å². The molecule has 1 amide bonds. The summed E-state index contributed by atoms with van der Waals surface area (Å²) in [6.45, 7) is 0.217. The molecule has 170 valence electrons. The van der Waals surface area contributed by atoms with Crippen molar-refractivity contribution in [3.8, 4) is 5.75 Å². The highest BCUT2D eigenvalue weighted by molar-refractivity contribution is 5.93. The third-order valence-electron chi connectivity index (χ3n) is 5.50. The van der Waals surface area contributed by atoms with Crippen LogP contribution in [0.1, 0.15) is 5.56 Å². The Balaban J connectivity index is 1.65. The van der Waals surface area contributed by atoms with Crippen LogP contribution in [0.25, 0.3) is 11.0 Å². The number of aromatic nitrogens is 4.